The van der Waals surface area contributed by atoms with Crippen LogP contribution < -0.4 is 16.0 Å². The molecule has 3 amide bonds. The Labute approximate surface area is 494 Å². The van der Waals surface area contributed by atoms with E-state index >= 15 is 0 Å². The van der Waals surface area contributed by atoms with Gasteiger partial charge in [0.25, 0.3) is 0 Å². The zero-order chi connectivity index (χ0) is 64.1. The molecule has 39 heteroatoms. The van der Waals surface area contributed by atoms with Gasteiger partial charge in [-0.1, -0.05) is 0 Å². The Morgan fingerprint density at radius 1 is 0.345 bits per heavy atom. The first-order valence-corrected chi connectivity index (χ1v) is 27.9. The maximum Gasteiger partial charge on any atom is 0.234 e. The Kier molecular flexibility index (Phi) is 28.7. The smallest absolute Gasteiger partial charge is 0.234 e. The molecule has 6 aliphatic heterocycles. The molecule has 0 radical (unpaired) electrons. The summed E-state index contributed by atoms with van der Waals surface area (Å²) in [4.78, 5) is 40.4. The average molecular weight is 1280 g/mol. The summed E-state index contributed by atoms with van der Waals surface area (Å²) in [6.07, 6.45) is -54.0. The number of nitrogens with one attached hydrogen (secondary N) is 3. The van der Waals surface area contributed by atoms with Crippen molar-refractivity contribution in [3.63, 3.8) is 0 Å². The molecule has 0 spiro atoms. The minimum absolute atomic E-state index is 0.169. The zero-order valence-corrected chi connectivity index (χ0v) is 46.7. The minimum Gasteiger partial charge on any atom is -0.394 e. The number of aliphatic hydroxyl groups excluding tert-OH is 20. The number of amides is 3. The number of carbonyl (C=O) groups excluding carboxylic acids is 3. The zero-order valence-electron chi connectivity index (χ0n) is 46.7. The lowest BCUT2D eigenvalue weighted by molar-refractivity contribution is -0.366. The van der Waals surface area contributed by atoms with E-state index in [1.165, 1.54) is 0 Å². The molecule has 0 aromatic carbocycles. The van der Waals surface area contributed by atoms with Crippen molar-refractivity contribution in [3.05, 3.63) is 0 Å². The van der Waals surface area contributed by atoms with E-state index < -0.39 is 274 Å². The topological polar surface area (TPSA) is 606 Å². The van der Waals surface area contributed by atoms with Crippen LogP contribution in [0.3, 0.4) is 0 Å². The molecule has 0 aliphatic carbocycles. The van der Waals surface area contributed by atoms with Crippen molar-refractivity contribution in [2.75, 3.05) is 92.1 Å². The van der Waals surface area contributed by atoms with Gasteiger partial charge in [0.05, 0.1) is 72.5 Å². The summed E-state index contributed by atoms with van der Waals surface area (Å²) in [7, 11) is 0. The third-order valence-electron chi connectivity index (χ3n) is 15.0. The van der Waals surface area contributed by atoms with E-state index in [1.54, 1.807) is 6.92 Å². The number of likely N-dealkylation sites (N-methyl/N-ethyl adjacent to an activating group) is 1. The summed E-state index contributed by atoms with van der Waals surface area (Å²) in [6, 6.07) is 0. The standard InChI is InChI=1S/C48H84N4O35/c1-2-49-22(57)7-52(8-23(58)50-3-5-76-45-39(74)41(86-47-37(72)33(68)27(62)18(12-55)82-47)29(64)20(84-45)14-78-43-35(70)31(66)25(60)16(10-53)80-43)9-24(59)51-4-6-77-46-40(75)42(87-48-38(73)34(69)28(63)19(13-56)83-48)30(65)21(85-46)15-79-44-36(71)32(67)26(61)17(11-54)81-44/h16-21,25-48,53-56,60-75H,2-15H2,1H3,(H,49,57)(H,50,58)(H,51,59)/t16-,17-,18-,19-,20-,21-,25-,26-,27-,28-,29-,30-,31+,32+,33+,34+,35+,36+,37+,38+,39+,40+,41+,42+,43+,44+,45+,46+,47-,48-/m1/s1. The number of carbonyl (C=O) groups is 3. The van der Waals surface area contributed by atoms with Crippen LogP contribution in [0.2, 0.25) is 0 Å². The maximum absolute atomic E-state index is 13.3. The van der Waals surface area contributed by atoms with E-state index in [9.17, 15) is 117 Å². The number of nitrogens with zero attached hydrogens (tertiary/aromatic N) is 1. The van der Waals surface area contributed by atoms with Crippen molar-refractivity contribution in [1.82, 2.24) is 20.9 Å². The molecule has 0 bridgehead atoms. The Morgan fingerprint density at radius 2 is 0.621 bits per heavy atom. The highest BCUT2D eigenvalue weighted by Gasteiger charge is 2.55. The summed E-state index contributed by atoms with van der Waals surface area (Å²) >= 11 is 0. The largest absolute Gasteiger partial charge is 0.394 e. The molecule has 6 rings (SSSR count). The molecule has 6 saturated heterocycles. The van der Waals surface area contributed by atoms with Crippen LogP contribution in [0, 0.1) is 0 Å². The molecule has 23 N–H and O–H groups in total. The SMILES string of the molecule is CCNC(=O)CN(CC(=O)NCCO[C@H]1O[C@H](CO[C@H]2O[C@H](CO)[C@@H](O)[C@H](O)[C@@H]2O)[C@@H](O)[C@H](O[C@H]2O[C@H](CO)[C@@H](O)[C@H](O)[C@@H]2O)[C@@H]1O)CC(=O)NCCO[C@H]1O[C@H](CO[C@H]2O[C@H](CO)[C@@H](O)[C@H](O)[C@@H]2O)[C@@H](O)[C@H](O[C@H]2O[C@H](CO)[C@@H](O)[C@H](O)[C@@H]2O)[C@@H]1O. The molecule has 39 nitrogen and oxygen atoms in total. The first-order valence-electron chi connectivity index (χ1n) is 27.9. The molecular weight excluding hydrogens is 1190 g/mol. The minimum atomic E-state index is -2.01. The van der Waals surface area contributed by atoms with Gasteiger partial charge >= 0.3 is 0 Å². The fourth-order valence-corrected chi connectivity index (χ4v) is 10.0. The molecule has 0 aromatic rings. The van der Waals surface area contributed by atoms with E-state index in [2.05, 4.69) is 16.0 Å². The van der Waals surface area contributed by atoms with Gasteiger partial charge in [-0.15, -0.1) is 0 Å². The van der Waals surface area contributed by atoms with Gasteiger partial charge < -0.3 is 175 Å². The van der Waals surface area contributed by atoms with Gasteiger partial charge in [0, 0.05) is 19.6 Å². The Morgan fingerprint density at radius 3 is 0.931 bits per heavy atom. The van der Waals surface area contributed by atoms with Crippen molar-refractivity contribution in [2.24, 2.45) is 0 Å². The Bertz CT molecular complexity index is 1950. The predicted molar refractivity (Wildman–Crippen MR) is 271 cm³/mol. The van der Waals surface area contributed by atoms with Gasteiger partial charge in [0.1, 0.15) is 146 Å². The molecule has 87 heavy (non-hydrogen) atoms. The predicted octanol–water partition coefficient (Wildman–Crippen LogP) is -16.4. The van der Waals surface area contributed by atoms with Gasteiger partial charge in [-0.2, -0.15) is 0 Å². The van der Waals surface area contributed by atoms with E-state index in [1.807, 2.05) is 0 Å². The van der Waals surface area contributed by atoms with E-state index in [-0.39, 0.29) is 19.6 Å². The van der Waals surface area contributed by atoms with Crippen LogP contribution >= 0.6 is 0 Å². The average Bonchev–Trinajstić information content (AvgIpc) is 1.13. The first-order chi connectivity index (χ1) is 41.3. The normalized spacial score (nSPS) is 43.7. The second-order valence-electron chi connectivity index (χ2n) is 21.2. The number of ether oxygens (including phenoxy) is 12. The highest BCUT2D eigenvalue weighted by molar-refractivity contribution is 5.84. The molecule has 6 aliphatic rings. The van der Waals surface area contributed by atoms with Crippen LogP contribution in [0.25, 0.3) is 0 Å². The highest BCUT2D eigenvalue weighted by Crippen LogP contribution is 2.33. The fourth-order valence-electron chi connectivity index (χ4n) is 10.0. The van der Waals surface area contributed by atoms with Crippen LogP contribution in [0.4, 0.5) is 0 Å². The van der Waals surface area contributed by atoms with Crippen molar-refractivity contribution in [2.45, 2.75) is 191 Å². The third-order valence-corrected chi connectivity index (χ3v) is 15.0. The van der Waals surface area contributed by atoms with Crippen molar-refractivity contribution in [1.29, 1.82) is 0 Å². The van der Waals surface area contributed by atoms with Gasteiger partial charge in [0.15, 0.2) is 37.7 Å². The van der Waals surface area contributed by atoms with Crippen LogP contribution in [-0.2, 0) is 71.2 Å². The lowest BCUT2D eigenvalue weighted by Crippen LogP contribution is -2.65. The summed E-state index contributed by atoms with van der Waals surface area (Å²) in [5.41, 5.74) is 0. The van der Waals surface area contributed by atoms with Crippen LogP contribution in [0.15, 0.2) is 0 Å². The second-order valence-corrected chi connectivity index (χ2v) is 21.2. The lowest BCUT2D eigenvalue weighted by Gasteiger charge is -2.46. The van der Waals surface area contributed by atoms with E-state index in [4.69, 9.17) is 56.8 Å². The van der Waals surface area contributed by atoms with Gasteiger partial charge in [-0.25, -0.2) is 0 Å². The monoisotopic (exact) mass is 1280 g/mol. The lowest BCUT2D eigenvalue weighted by atomic mass is 9.96. The molecule has 6 heterocycles. The number of aliphatic hydroxyl groups is 20. The molecule has 0 unspecified atom stereocenters. The van der Waals surface area contributed by atoms with Crippen LogP contribution in [0.5, 0.6) is 0 Å². The molecule has 0 saturated carbocycles. The van der Waals surface area contributed by atoms with Crippen LogP contribution in [0.1, 0.15) is 6.92 Å². The van der Waals surface area contributed by atoms with Gasteiger partial charge in [-0.05, 0) is 6.92 Å². The quantitative estimate of drug-likeness (QED) is 0.0309. The van der Waals surface area contributed by atoms with Crippen molar-refractivity contribution < 1.29 is 173 Å². The first kappa shape index (κ1) is 73.1. The number of rotatable bonds is 29. The summed E-state index contributed by atoms with van der Waals surface area (Å²) in [5.74, 6) is -2.17. The van der Waals surface area contributed by atoms with Gasteiger partial charge in [0.2, 0.25) is 17.7 Å². The Balaban J connectivity index is 1.04. The van der Waals surface area contributed by atoms with E-state index in [0.29, 0.717) is 0 Å². The molecule has 0 aromatic heterocycles. The third kappa shape index (κ3) is 18.4. The van der Waals surface area contributed by atoms with Gasteiger partial charge in [-0.3, -0.25) is 19.3 Å². The highest BCUT2D eigenvalue weighted by atomic mass is 16.8. The maximum atomic E-state index is 13.3. The Hall–Kier alpha value is -2.91. The van der Waals surface area contributed by atoms with Crippen molar-refractivity contribution >= 4 is 17.7 Å². The second kappa shape index (κ2) is 34.1. The number of hydrogen-bond donors (Lipinski definition) is 23. The molecule has 6 fully saturated rings. The van der Waals surface area contributed by atoms with Crippen molar-refractivity contribution in [3.8, 4) is 0 Å². The summed E-state index contributed by atoms with van der Waals surface area (Å²) in [5, 5.41) is 216. The summed E-state index contributed by atoms with van der Waals surface area (Å²) in [6.45, 7) is -6.50. The molecular formula is C48H84N4O35. The van der Waals surface area contributed by atoms with Crippen LogP contribution in [-0.4, -0.2) is 401 Å². The summed E-state index contributed by atoms with van der Waals surface area (Å²) < 4.78 is 66.8. The number of hydrogen-bond acceptors (Lipinski definition) is 36. The molecule has 506 valence electrons. The fraction of sp³-hybridized carbons (Fsp3) is 0.938. The molecule has 30 atom stereocenters. The van der Waals surface area contributed by atoms with E-state index in [0.717, 1.165) is 4.90 Å².